The van der Waals surface area contributed by atoms with Gasteiger partial charge in [0.25, 0.3) is 5.91 Å². The van der Waals surface area contributed by atoms with Gasteiger partial charge >= 0.3 is 5.97 Å². The second-order valence-electron chi connectivity index (χ2n) is 9.81. The lowest BCUT2D eigenvalue weighted by atomic mass is 9.43. The topological polar surface area (TPSA) is 79.2 Å². The molecule has 0 aromatic heterocycles. The van der Waals surface area contributed by atoms with Gasteiger partial charge < -0.3 is 10.1 Å². The second-order valence-corrected chi connectivity index (χ2v) is 10.3. The van der Waals surface area contributed by atoms with Gasteiger partial charge in [-0.05, 0) is 79.5 Å². The van der Waals surface area contributed by atoms with E-state index in [0.29, 0.717) is 28.1 Å². The molecule has 0 unspecified atom stereocenters. The number of halogens is 1. The first kappa shape index (κ1) is 21.0. The third kappa shape index (κ3) is 3.67. The molecule has 0 spiro atoms. The van der Waals surface area contributed by atoms with E-state index in [1.54, 1.807) is 12.1 Å². The molecule has 2 aromatic carbocycles. The fourth-order valence-electron chi connectivity index (χ4n) is 6.82. The number of hydrogen-bond acceptors (Lipinski definition) is 4. The van der Waals surface area contributed by atoms with Crippen LogP contribution in [0.2, 0.25) is 5.02 Å². The Hall–Kier alpha value is -2.84. The van der Waals surface area contributed by atoms with Crippen molar-refractivity contribution in [3.63, 3.8) is 0 Å². The maximum absolute atomic E-state index is 13.3. The molecule has 4 saturated carbocycles. The zero-order valence-electron chi connectivity index (χ0n) is 17.8. The number of benzene rings is 2. The zero-order chi connectivity index (χ0) is 22.3. The minimum Gasteiger partial charge on any atom is -0.455 e. The highest BCUT2D eigenvalue weighted by atomic mass is 35.5. The first-order valence-electron chi connectivity index (χ1n) is 11.1. The van der Waals surface area contributed by atoms with Crippen LogP contribution in [0.25, 0.3) is 0 Å². The van der Waals surface area contributed by atoms with Crippen LogP contribution in [0, 0.1) is 28.6 Å². The SMILES string of the molecule is N#Cc1ccc(Cl)cc1NC(=O)COC(=O)C12C[C@H]3C[C@H](C1)CC(c1ccccc1)(C3)C2. The molecular weight excluding hydrogens is 424 g/mol. The third-order valence-electron chi connectivity index (χ3n) is 7.59. The van der Waals surface area contributed by atoms with E-state index in [9.17, 15) is 14.9 Å². The lowest BCUT2D eigenvalue weighted by Gasteiger charge is -2.61. The molecule has 4 aliphatic carbocycles. The van der Waals surface area contributed by atoms with Crippen molar-refractivity contribution < 1.29 is 14.3 Å². The predicted octanol–water partition coefficient (Wildman–Crippen LogP) is 5.23. The van der Waals surface area contributed by atoms with E-state index in [-0.39, 0.29) is 18.0 Å². The summed E-state index contributed by atoms with van der Waals surface area (Å²) in [5.74, 6) is 0.332. The van der Waals surface area contributed by atoms with E-state index in [4.69, 9.17) is 16.3 Å². The maximum Gasteiger partial charge on any atom is 0.312 e. The summed E-state index contributed by atoms with van der Waals surface area (Å²) in [6, 6.07) is 17.2. The number of nitriles is 1. The van der Waals surface area contributed by atoms with E-state index >= 15 is 0 Å². The van der Waals surface area contributed by atoms with Gasteiger partial charge in [0.05, 0.1) is 16.7 Å². The van der Waals surface area contributed by atoms with Gasteiger partial charge in [-0.3, -0.25) is 9.59 Å². The fourth-order valence-corrected chi connectivity index (χ4v) is 6.99. The van der Waals surface area contributed by atoms with Crippen molar-refractivity contribution in [3.8, 4) is 6.07 Å². The maximum atomic E-state index is 13.3. The molecule has 32 heavy (non-hydrogen) atoms. The van der Waals surface area contributed by atoms with E-state index in [0.717, 1.165) is 32.1 Å². The van der Waals surface area contributed by atoms with Gasteiger partial charge in [-0.2, -0.15) is 5.26 Å². The number of ether oxygens (including phenoxy) is 1. The summed E-state index contributed by atoms with van der Waals surface area (Å²) >= 11 is 5.98. The molecule has 4 bridgehead atoms. The van der Waals surface area contributed by atoms with Crippen molar-refractivity contribution in [3.05, 3.63) is 64.7 Å². The number of esters is 1. The molecule has 6 rings (SSSR count). The standard InChI is InChI=1S/C26H25ClN2O3/c27-21-7-6-19(14-28)22(9-21)29-23(30)15-32-24(31)26-12-17-8-18(13-26)11-25(10-17,16-26)20-4-2-1-3-5-20/h1-7,9,17-18H,8,10-13,15-16H2,(H,29,30)/t17-,18-,25?,26?/m0/s1. The zero-order valence-corrected chi connectivity index (χ0v) is 18.5. The highest BCUT2D eigenvalue weighted by Gasteiger charge is 2.61. The molecule has 0 heterocycles. The first-order valence-corrected chi connectivity index (χ1v) is 11.5. The van der Waals surface area contributed by atoms with E-state index < -0.39 is 11.3 Å². The van der Waals surface area contributed by atoms with Gasteiger partial charge in [-0.15, -0.1) is 0 Å². The van der Waals surface area contributed by atoms with Crippen molar-refractivity contribution in [2.75, 3.05) is 11.9 Å². The Morgan fingerprint density at radius 2 is 1.81 bits per heavy atom. The Morgan fingerprint density at radius 1 is 1.09 bits per heavy atom. The molecule has 1 N–H and O–H groups in total. The van der Waals surface area contributed by atoms with Gasteiger partial charge in [0.2, 0.25) is 0 Å². The lowest BCUT2D eigenvalue weighted by molar-refractivity contribution is -0.175. The predicted molar refractivity (Wildman–Crippen MR) is 121 cm³/mol. The van der Waals surface area contributed by atoms with Crippen molar-refractivity contribution in [1.29, 1.82) is 5.26 Å². The molecule has 2 aromatic rings. The minimum absolute atomic E-state index is 0.0368. The van der Waals surface area contributed by atoms with Crippen LogP contribution >= 0.6 is 11.6 Å². The normalized spacial score (nSPS) is 29.9. The molecule has 0 aliphatic heterocycles. The first-order chi connectivity index (χ1) is 15.4. The minimum atomic E-state index is -0.506. The summed E-state index contributed by atoms with van der Waals surface area (Å²) in [6.45, 7) is -0.369. The van der Waals surface area contributed by atoms with E-state index in [1.165, 1.54) is 18.1 Å². The number of carbonyl (C=O) groups excluding carboxylic acids is 2. The average molecular weight is 449 g/mol. The number of anilines is 1. The summed E-state index contributed by atoms with van der Waals surface area (Å²) < 4.78 is 5.58. The number of rotatable bonds is 5. The number of amides is 1. The molecule has 0 radical (unpaired) electrons. The number of nitrogens with zero attached hydrogens (tertiary/aromatic N) is 1. The Kier molecular flexibility index (Phi) is 5.22. The average Bonchev–Trinajstić information content (AvgIpc) is 2.77. The Bertz CT molecular complexity index is 1090. The van der Waals surface area contributed by atoms with Gasteiger partial charge in [0.1, 0.15) is 6.07 Å². The molecule has 0 saturated heterocycles. The van der Waals surface area contributed by atoms with Crippen LogP contribution in [0.3, 0.4) is 0 Å². The number of nitrogens with one attached hydrogen (secondary N) is 1. The fraction of sp³-hybridized carbons (Fsp3) is 0.423. The summed E-state index contributed by atoms with van der Waals surface area (Å²) in [7, 11) is 0. The highest BCUT2D eigenvalue weighted by molar-refractivity contribution is 6.31. The van der Waals surface area contributed by atoms with Crippen molar-refractivity contribution in [2.45, 2.75) is 43.9 Å². The van der Waals surface area contributed by atoms with Crippen LogP contribution in [0.15, 0.2) is 48.5 Å². The summed E-state index contributed by atoms with van der Waals surface area (Å²) in [5, 5.41) is 12.3. The van der Waals surface area contributed by atoms with E-state index in [1.807, 2.05) is 12.1 Å². The molecule has 2 atom stereocenters. The largest absolute Gasteiger partial charge is 0.455 e. The third-order valence-corrected chi connectivity index (χ3v) is 7.83. The summed E-state index contributed by atoms with van der Waals surface area (Å²) in [5.41, 5.74) is 1.48. The second kappa shape index (κ2) is 7.94. The Balaban J connectivity index is 1.29. The van der Waals surface area contributed by atoms with Crippen LogP contribution in [0.5, 0.6) is 0 Å². The highest BCUT2D eigenvalue weighted by Crippen LogP contribution is 2.66. The quantitative estimate of drug-likeness (QED) is 0.635. The smallest absolute Gasteiger partial charge is 0.312 e. The molecule has 4 aliphatic rings. The van der Waals surface area contributed by atoms with Gasteiger partial charge in [-0.25, -0.2) is 0 Å². The Labute approximate surface area is 192 Å². The summed E-state index contributed by atoms with van der Waals surface area (Å²) in [6.07, 6.45) is 5.96. The van der Waals surface area contributed by atoms with Crippen LogP contribution in [0.4, 0.5) is 5.69 Å². The molecule has 6 heteroatoms. The molecular formula is C26H25ClN2O3. The van der Waals surface area contributed by atoms with Gasteiger partial charge in [0, 0.05) is 5.02 Å². The monoisotopic (exact) mass is 448 g/mol. The molecule has 1 amide bonds. The van der Waals surface area contributed by atoms with Crippen LogP contribution in [0.1, 0.15) is 49.7 Å². The van der Waals surface area contributed by atoms with Gasteiger partial charge in [-0.1, -0.05) is 41.9 Å². The van der Waals surface area contributed by atoms with E-state index in [2.05, 4.69) is 29.6 Å². The van der Waals surface area contributed by atoms with Crippen LogP contribution in [-0.4, -0.2) is 18.5 Å². The van der Waals surface area contributed by atoms with Crippen molar-refractivity contribution >= 4 is 29.2 Å². The molecule has 5 nitrogen and oxygen atoms in total. The van der Waals surface area contributed by atoms with Crippen LogP contribution < -0.4 is 5.32 Å². The van der Waals surface area contributed by atoms with Crippen LogP contribution in [-0.2, 0) is 19.7 Å². The lowest BCUT2D eigenvalue weighted by Crippen LogP contribution is -2.57. The number of carbonyl (C=O) groups is 2. The Morgan fingerprint density at radius 3 is 2.50 bits per heavy atom. The molecule has 164 valence electrons. The molecule has 4 fully saturated rings. The number of hydrogen-bond donors (Lipinski definition) is 1. The summed E-state index contributed by atoms with van der Waals surface area (Å²) in [4.78, 5) is 25.8. The van der Waals surface area contributed by atoms with Crippen molar-refractivity contribution in [2.24, 2.45) is 17.3 Å². The van der Waals surface area contributed by atoms with Crippen molar-refractivity contribution in [1.82, 2.24) is 0 Å². The van der Waals surface area contributed by atoms with Gasteiger partial charge in [0.15, 0.2) is 6.61 Å².